The van der Waals surface area contributed by atoms with Crippen LogP contribution < -0.4 is 10.1 Å². The van der Waals surface area contributed by atoms with Crippen molar-refractivity contribution in [2.75, 3.05) is 7.11 Å². The molecule has 2 fully saturated rings. The van der Waals surface area contributed by atoms with Crippen LogP contribution in [0.4, 0.5) is 0 Å². The average Bonchev–Trinajstić information content (AvgIpc) is 3.29. The van der Waals surface area contributed by atoms with Crippen LogP contribution in [0.3, 0.4) is 0 Å². The first-order valence-electron chi connectivity index (χ1n) is 12.0. The van der Waals surface area contributed by atoms with Crippen LogP contribution in [0, 0.1) is 0 Å². The largest absolute Gasteiger partial charge is 0.497 e. The quantitative estimate of drug-likeness (QED) is 0.592. The maximum atomic E-state index is 12.6. The summed E-state index contributed by atoms with van der Waals surface area (Å²) >= 11 is 0. The van der Waals surface area contributed by atoms with E-state index < -0.39 is 0 Å². The molecule has 2 aliphatic rings. The summed E-state index contributed by atoms with van der Waals surface area (Å²) in [6.45, 7) is 1.57. The van der Waals surface area contributed by atoms with Crippen LogP contribution in [0.5, 0.6) is 5.75 Å². The highest BCUT2D eigenvalue weighted by molar-refractivity contribution is 5.91. The van der Waals surface area contributed by atoms with E-state index in [0.29, 0.717) is 17.8 Å². The van der Waals surface area contributed by atoms with Crippen molar-refractivity contribution in [2.45, 2.75) is 89.4 Å². The second kappa shape index (κ2) is 10.9. The summed E-state index contributed by atoms with van der Waals surface area (Å²) in [5.74, 6) is 2.11. The molecule has 5 nitrogen and oxygen atoms in total. The fourth-order valence-electron chi connectivity index (χ4n) is 5.05. The second-order valence-corrected chi connectivity index (χ2v) is 9.12. The van der Waals surface area contributed by atoms with Gasteiger partial charge in [-0.05, 0) is 55.5 Å². The molecule has 0 radical (unpaired) electrons. The van der Waals surface area contributed by atoms with Gasteiger partial charge >= 0.3 is 0 Å². The molecule has 1 N–H and O–H groups in total. The van der Waals surface area contributed by atoms with E-state index in [1.807, 2.05) is 24.3 Å². The number of carbonyl (C=O) groups is 1. The summed E-state index contributed by atoms with van der Waals surface area (Å²) in [5, 5.41) is 3.16. The van der Waals surface area contributed by atoms with Gasteiger partial charge in [0.1, 0.15) is 11.5 Å². The normalized spacial score (nSPS) is 18.3. The minimum absolute atomic E-state index is 0.0739. The van der Waals surface area contributed by atoms with Crippen LogP contribution in [0.2, 0.25) is 0 Å². The Hall–Kier alpha value is -2.27. The third-order valence-corrected chi connectivity index (χ3v) is 6.80. The number of nitrogens with zero attached hydrogens (tertiary/aromatic N) is 1. The molecular formula is C26H36N2O3. The summed E-state index contributed by atoms with van der Waals surface area (Å²) in [6.07, 6.45) is 12.2. The van der Waals surface area contributed by atoms with E-state index in [-0.39, 0.29) is 5.91 Å². The fourth-order valence-corrected chi connectivity index (χ4v) is 5.05. The van der Waals surface area contributed by atoms with Crippen LogP contribution in [-0.4, -0.2) is 30.0 Å². The lowest BCUT2D eigenvalue weighted by Crippen LogP contribution is -2.36. The Labute approximate surface area is 186 Å². The van der Waals surface area contributed by atoms with E-state index in [2.05, 4.69) is 22.3 Å². The predicted octanol–water partition coefficient (Wildman–Crippen LogP) is 5.69. The Morgan fingerprint density at radius 2 is 1.74 bits per heavy atom. The van der Waals surface area contributed by atoms with Crippen LogP contribution in [0.25, 0.3) is 0 Å². The molecule has 1 amide bonds. The van der Waals surface area contributed by atoms with E-state index in [9.17, 15) is 4.79 Å². The molecule has 2 aliphatic carbocycles. The van der Waals surface area contributed by atoms with Crippen LogP contribution in [0.1, 0.15) is 86.1 Å². The van der Waals surface area contributed by atoms with Crippen molar-refractivity contribution >= 4 is 5.91 Å². The number of rotatable bonds is 8. The number of benzene rings is 1. The Morgan fingerprint density at radius 3 is 2.48 bits per heavy atom. The molecule has 2 saturated carbocycles. The number of furan rings is 1. The number of hydrogen-bond donors (Lipinski definition) is 1. The third-order valence-electron chi connectivity index (χ3n) is 6.80. The average molecular weight is 425 g/mol. The van der Waals surface area contributed by atoms with Gasteiger partial charge in [-0.1, -0.05) is 50.7 Å². The fraction of sp³-hybridized carbons (Fsp3) is 0.577. The van der Waals surface area contributed by atoms with Gasteiger partial charge in [-0.15, -0.1) is 0 Å². The van der Waals surface area contributed by atoms with E-state index in [4.69, 9.17) is 9.15 Å². The molecular weight excluding hydrogens is 388 g/mol. The van der Waals surface area contributed by atoms with Gasteiger partial charge in [0.15, 0.2) is 5.76 Å². The summed E-state index contributed by atoms with van der Waals surface area (Å²) in [6, 6.07) is 12.9. The predicted molar refractivity (Wildman–Crippen MR) is 122 cm³/mol. The number of ether oxygens (including phenoxy) is 1. The molecule has 0 unspecified atom stereocenters. The van der Waals surface area contributed by atoms with E-state index in [1.54, 1.807) is 7.11 Å². The molecule has 5 heteroatoms. The molecule has 0 atom stereocenters. The Bertz CT molecular complexity index is 835. The topological polar surface area (TPSA) is 54.7 Å². The third kappa shape index (κ3) is 6.13. The summed E-state index contributed by atoms with van der Waals surface area (Å²) in [5.41, 5.74) is 1.24. The number of amides is 1. The highest BCUT2D eigenvalue weighted by atomic mass is 16.5. The first kappa shape index (κ1) is 21.9. The number of nitrogens with one attached hydrogen (secondary N) is 1. The van der Waals surface area contributed by atoms with Crippen LogP contribution in [0.15, 0.2) is 40.8 Å². The van der Waals surface area contributed by atoms with Gasteiger partial charge in [-0.25, -0.2) is 0 Å². The maximum absolute atomic E-state index is 12.6. The van der Waals surface area contributed by atoms with Gasteiger partial charge in [0, 0.05) is 18.6 Å². The Kier molecular flexibility index (Phi) is 7.68. The first-order chi connectivity index (χ1) is 15.2. The molecule has 0 aliphatic heterocycles. The zero-order chi connectivity index (χ0) is 21.5. The zero-order valence-corrected chi connectivity index (χ0v) is 18.8. The highest BCUT2D eigenvalue weighted by Gasteiger charge is 2.24. The molecule has 4 rings (SSSR count). The van der Waals surface area contributed by atoms with Gasteiger partial charge in [0.2, 0.25) is 0 Å². The van der Waals surface area contributed by atoms with Crippen molar-refractivity contribution in [3.8, 4) is 5.75 Å². The van der Waals surface area contributed by atoms with Crippen LogP contribution >= 0.6 is 0 Å². The molecule has 0 spiro atoms. The first-order valence-corrected chi connectivity index (χ1v) is 12.0. The summed E-state index contributed by atoms with van der Waals surface area (Å²) in [4.78, 5) is 15.2. The molecule has 0 bridgehead atoms. The van der Waals surface area contributed by atoms with E-state index in [0.717, 1.165) is 37.4 Å². The molecule has 0 saturated heterocycles. The Morgan fingerprint density at radius 1 is 1.00 bits per heavy atom. The lowest BCUT2D eigenvalue weighted by Gasteiger charge is -2.34. The highest BCUT2D eigenvalue weighted by Crippen LogP contribution is 2.27. The monoisotopic (exact) mass is 424 g/mol. The van der Waals surface area contributed by atoms with Gasteiger partial charge < -0.3 is 14.5 Å². The minimum Gasteiger partial charge on any atom is -0.497 e. The Balaban J connectivity index is 1.43. The molecule has 1 aromatic heterocycles. The minimum atomic E-state index is -0.0739. The number of carbonyl (C=O) groups excluding carboxylic acids is 1. The van der Waals surface area contributed by atoms with Crippen molar-refractivity contribution in [3.05, 3.63) is 53.5 Å². The lowest BCUT2D eigenvalue weighted by atomic mass is 9.93. The maximum Gasteiger partial charge on any atom is 0.287 e. The van der Waals surface area contributed by atoms with Gasteiger partial charge in [0.25, 0.3) is 5.91 Å². The smallest absolute Gasteiger partial charge is 0.287 e. The van der Waals surface area contributed by atoms with Crippen molar-refractivity contribution in [2.24, 2.45) is 0 Å². The van der Waals surface area contributed by atoms with Crippen molar-refractivity contribution in [3.63, 3.8) is 0 Å². The number of methoxy groups -OCH3 is 1. The van der Waals surface area contributed by atoms with Gasteiger partial charge in [-0.2, -0.15) is 0 Å². The second-order valence-electron chi connectivity index (χ2n) is 9.12. The number of hydrogen-bond acceptors (Lipinski definition) is 4. The zero-order valence-electron chi connectivity index (χ0n) is 18.8. The molecule has 2 aromatic rings. The van der Waals surface area contributed by atoms with Gasteiger partial charge in [-0.3, -0.25) is 9.69 Å². The van der Waals surface area contributed by atoms with Crippen molar-refractivity contribution in [1.29, 1.82) is 0 Å². The van der Waals surface area contributed by atoms with E-state index >= 15 is 0 Å². The molecule has 1 heterocycles. The van der Waals surface area contributed by atoms with Crippen LogP contribution in [-0.2, 0) is 13.1 Å². The van der Waals surface area contributed by atoms with E-state index in [1.165, 1.54) is 56.9 Å². The summed E-state index contributed by atoms with van der Waals surface area (Å²) < 4.78 is 11.4. The van der Waals surface area contributed by atoms with Crippen molar-refractivity contribution < 1.29 is 13.9 Å². The van der Waals surface area contributed by atoms with Gasteiger partial charge in [0.05, 0.1) is 13.7 Å². The SMILES string of the molecule is COc1cccc(CN(Cc2ccc(C(=O)NC3CCCCC3)o2)C2CCCCC2)c1. The van der Waals surface area contributed by atoms with Crippen molar-refractivity contribution in [1.82, 2.24) is 10.2 Å². The molecule has 31 heavy (non-hydrogen) atoms. The standard InChI is InChI=1S/C26H36N2O3/c1-30-23-14-8-9-20(17-23)18-28(22-12-6-3-7-13-22)19-24-15-16-25(31-24)26(29)27-21-10-4-2-5-11-21/h8-9,14-17,21-22H,2-7,10-13,18-19H2,1H3,(H,27,29). The lowest BCUT2D eigenvalue weighted by molar-refractivity contribution is 0.0890. The molecule has 168 valence electrons. The molecule has 1 aromatic carbocycles. The summed E-state index contributed by atoms with van der Waals surface area (Å²) in [7, 11) is 1.71.